The largest absolute Gasteiger partial charge is 0.460 e. The van der Waals surface area contributed by atoms with Crippen LogP contribution in [0.3, 0.4) is 0 Å². The minimum Gasteiger partial charge on any atom is -0.298 e. The third-order valence-corrected chi connectivity index (χ3v) is 5.17. The Morgan fingerprint density at radius 3 is 0.778 bits per heavy atom. The molecule has 0 bridgehead atoms. The Hall–Kier alpha value is -1.82. The van der Waals surface area contributed by atoms with Crippen LogP contribution in [-0.4, -0.2) is 77.8 Å². The second-order valence-corrected chi connectivity index (χ2v) is 7.88. The van der Waals surface area contributed by atoms with E-state index in [2.05, 4.69) is 0 Å². The summed E-state index contributed by atoms with van der Waals surface area (Å²) in [7, 11) is -7.81. The predicted molar refractivity (Wildman–Crippen MR) is 67.1 cm³/mol. The maximum Gasteiger partial charge on any atom is 0.460 e. The molecule has 0 rings (SSSR count). The number of hydrogen-bond donors (Lipinski definition) is 1. The van der Waals surface area contributed by atoms with Crippen LogP contribution in [-0.2, 0) is 14.9 Å². The first kappa shape index (κ1) is 34.2. The summed E-state index contributed by atoms with van der Waals surface area (Å²) in [6, 6.07) is 0. The van der Waals surface area contributed by atoms with Crippen LogP contribution in [0.5, 0.6) is 0 Å². The van der Waals surface area contributed by atoms with Gasteiger partial charge in [-0.1, -0.05) is 0 Å². The summed E-state index contributed by atoms with van der Waals surface area (Å²) in [5, 5.41) is -7.20. The molecular weight excluding hydrogens is 608 g/mol. The number of carbonyl (C=O) groups is 1. The van der Waals surface area contributed by atoms with E-state index in [4.69, 9.17) is 4.55 Å². The second-order valence-electron chi connectivity index (χ2n) is 6.33. The monoisotopic (exact) mass is 610 g/mol. The van der Waals surface area contributed by atoms with Gasteiger partial charge in [0.2, 0.25) is 0 Å². The van der Waals surface area contributed by atoms with Gasteiger partial charge in [0, 0.05) is 0 Å². The number of alkyl halides is 20. The standard InChI is InChI=1S/C11H2F20O4S/c12-2(1-32,36(33,34)35)3(13,14)4(15,16)5(17,18)6(19,20)7(21,22)8(23,24)9(25,26)10(27,28)11(29,30)31/h1H,(H,33,34,35). The van der Waals surface area contributed by atoms with Crippen LogP contribution < -0.4 is 0 Å². The number of halogens is 20. The van der Waals surface area contributed by atoms with Crippen molar-refractivity contribution in [3.8, 4) is 0 Å². The van der Waals surface area contributed by atoms with E-state index < -0.39 is 75.0 Å². The SMILES string of the molecule is O=CC(F)(C(F)(F)C(F)(F)C(F)(F)C(F)(F)C(F)(F)C(F)(F)C(F)(F)C(F)(F)C(F)(F)F)S(=O)(=O)O. The van der Waals surface area contributed by atoms with E-state index in [0.717, 1.165) is 0 Å². The molecule has 0 aromatic carbocycles. The fraction of sp³-hybridized carbons (Fsp3) is 0.909. The van der Waals surface area contributed by atoms with Crippen molar-refractivity contribution in [3.05, 3.63) is 0 Å². The van der Waals surface area contributed by atoms with Gasteiger partial charge in [-0.15, -0.1) is 0 Å². The van der Waals surface area contributed by atoms with E-state index in [0.29, 0.717) is 0 Å². The number of aldehydes is 1. The van der Waals surface area contributed by atoms with Crippen molar-refractivity contribution >= 4 is 16.4 Å². The molecule has 1 N–H and O–H groups in total. The Morgan fingerprint density at radius 2 is 0.611 bits per heavy atom. The number of carbonyl (C=O) groups excluding carboxylic acids is 1. The zero-order valence-corrected chi connectivity index (χ0v) is 16.0. The van der Waals surface area contributed by atoms with E-state index in [9.17, 15) is 101 Å². The van der Waals surface area contributed by atoms with Crippen LogP contribution in [0.1, 0.15) is 0 Å². The topological polar surface area (TPSA) is 71.4 Å². The van der Waals surface area contributed by atoms with Gasteiger partial charge >= 0.3 is 68.7 Å². The first-order valence-corrected chi connectivity index (χ1v) is 8.71. The first-order valence-electron chi connectivity index (χ1n) is 7.27. The third-order valence-electron chi connectivity index (χ3n) is 4.07. The van der Waals surface area contributed by atoms with Crippen molar-refractivity contribution in [2.45, 2.75) is 58.6 Å². The summed E-state index contributed by atoms with van der Waals surface area (Å²) in [6.45, 7) is 0. The quantitative estimate of drug-likeness (QED) is 0.205. The molecule has 0 aromatic rings. The summed E-state index contributed by atoms with van der Waals surface area (Å²) in [6.07, 6.45) is -10.8. The Labute approximate surface area is 181 Å². The fourth-order valence-electron chi connectivity index (χ4n) is 1.87. The van der Waals surface area contributed by atoms with Gasteiger partial charge in [0.25, 0.3) is 0 Å². The third kappa shape index (κ3) is 3.76. The van der Waals surface area contributed by atoms with Crippen molar-refractivity contribution in [1.29, 1.82) is 0 Å². The van der Waals surface area contributed by atoms with E-state index in [-0.39, 0.29) is 0 Å². The van der Waals surface area contributed by atoms with Crippen LogP contribution >= 0.6 is 0 Å². The van der Waals surface area contributed by atoms with Gasteiger partial charge in [-0.05, 0) is 0 Å². The maximum atomic E-state index is 13.5. The maximum absolute atomic E-state index is 13.5. The molecule has 0 aromatic heterocycles. The van der Waals surface area contributed by atoms with Gasteiger partial charge in [0.05, 0.1) is 0 Å². The summed E-state index contributed by atoms with van der Waals surface area (Å²) >= 11 is 0. The highest BCUT2D eigenvalue weighted by Crippen LogP contribution is 2.66. The molecule has 216 valence electrons. The molecule has 0 spiro atoms. The Balaban J connectivity index is 7.32. The molecule has 0 aliphatic carbocycles. The van der Waals surface area contributed by atoms with Crippen molar-refractivity contribution in [1.82, 2.24) is 0 Å². The highest BCUT2D eigenvalue weighted by Gasteiger charge is 2.98. The highest BCUT2D eigenvalue weighted by atomic mass is 32.2. The van der Waals surface area contributed by atoms with Gasteiger partial charge in [-0.2, -0.15) is 91.8 Å². The smallest absolute Gasteiger partial charge is 0.298 e. The van der Waals surface area contributed by atoms with E-state index in [1.54, 1.807) is 0 Å². The molecule has 0 saturated heterocycles. The van der Waals surface area contributed by atoms with Crippen LogP contribution in [0.15, 0.2) is 0 Å². The van der Waals surface area contributed by atoms with E-state index in [1.165, 1.54) is 0 Å². The van der Waals surface area contributed by atoms with E-state index in [1.807, 2.05) is 0 Å². The molecule has 0 saturated carbocycles. The molecule has 0 aliphatic heterocycles. The van der Waals surface area contributed by atoms with Gasteiger partial charge in [0.1, 0.15) is 0 Å². The lowest BCUT2D eigenvalue weighted by Crippen LogP contribution is -2.77. The van der Waals surface area contributed by atoms with Crippen LogP contribution in [0, 0.1) is 0 Å². The normalized spacial score (nSPS) is 18.1. The molecule has 1 atom stereocenters. The average molecular weight is 610 g/mol. The molecule has 36 heavy (non-hydrogen) atoms. The minimum atomic E-state index is -9.33. The summed E-state index contributed by atoms with van der Waals surface area (Å²) in [5.41, 5.74) is 0. The van der Waals surface area contributed by atoms with Crippen molar-refractivity contribution in [3.63, 3.8) is 0 Å². The molecule has 0 fully saturated rings. The van der Waals surface area contributed by atoms with Crippen LogP contribution in [0.25, 0.3) is 0 Å². The number of rotatable bonds is 10. The van der Waals surface area contributed by atoms with Crippen LogP contribution in [0.4, 0.5) is 87.8 Å². The van der Waals surface area contributed by atoms with Gasteiger partial charge in [0.15, 0.2) is 6.29 Å². The predicted octanol–water partition coefficient (Wildman–Crippen LogP) is 5.38. The van der Waals surface area contributed by atoms with Crippen molar-refractivity contribution in [2.75, 3.05) is 0 Å². The molecule has 0 radical (unpaired) electrons. The second kappa shape index (κ2) is 8.09. The summed E-state index contributed by atoms with van der Waals surface area (Å²) < 4.78 is 290. The Morgan fingerprint density at radius 1 is 0.417 bits per heavy atom. The lowest BCUT2D eigenvalue weighted by atomic mass is 9.86. The van der Waals surface area contributed by atoms with Gasteiger partial charge in [-0.25, -0.2) is 4.39 Å². The molecule has 0 heterocycles. The van der Waals surface area contributed by atoms with E-state index >= 15 is 0 Å². The zero-order chi connectivity index (χ0) is 30.2. The van der Waals surface area contributed by atoms with Crippen molar-refractivity contribution < 1.29 is 106 Å². The first-order chi connectivity index (χ1) is 15.1. The lowest BCUT2D eigenvalue weighted by molar-refractivity contribution is -0.470. The Bertz CT molecular complexity index is 965. The molecule has 0 amide bonds. The molecule has 4 nitrogen and oxygen atoms in total. The Kier molecular flexibility index (Phi) is 7.68. The summed E-state index contributed by atoms with van der Waals surface area (Å²) in [5.74, 6) is -71.9. The minimum absolute atomic E-state index is 2.74. The number of hydrogen-bond acceptors (Lipinski definition) is 3. The lowest BCUT2D eigenvalue weighted by Gasteiger charge is -2.44. The molecule has 0 aliphatic rings. The molecular formula is C11H2F20O4S. The molecule has 25 heteroatoms. The molecule has 1 unspecified atom stereocenters. The van der Waals surface area contributed by atoms with Crippen molar-refractivity contribution in [2.24, 2.45) is 0 Å². The fourth-order valence-corrected chi connectivity index (χ4v) is 2.45. The van der Waals surface area contributed by atoms with Gasteiger partial charge in [-0.3, -0.25) is 9.35 Å². The average Bonchev–Trinajstić information content (AvgIpc) is 2.63. The van der Waals surface area contributed by atoms with Crippen LogP contribution in [0.2, 0.25) is 0 Å². The summed E-state index contributed by atoms with van der Waals surface area (Å²) in [4.78, 5) is 10.1. The van der Waals surface area contributed by atoms with Gasteiger partial charge < -0.3 is 0 Å². The highest BCUT2D eigenvalue weighted by molar-refractivity contribution is 7.87. The zero-order valence-electron chi connectivity index (χ0n) is 15.2.